The van der Waals surface area contributed by atoms with Crippen molar-refractivity contribution < 1.29 is 19.4 Å². The van der Waals surface area contributed by atoms with Crippen LogP contribution < -0.4 is 5.32 Å². The van der Waals surface area contributed by atoms with E-state index in [4.69, 9.17) is 9.84 Å². The fourth-order valence-electron chi connectivity index (χ4n) is 3.01. The molecule has 0 aromatic carbocycles. The summed E-state index contributed by atoms with van der Waals surface area (Å²) in [5.41, 5.74) is -1.32. The number of nitrogens with one attached hydrogen (secondary N) is 1. The maximum absolute atomic E-state index is 12.0. The molecule has 2 fully saturated rings. The quantitative estimate of drug-likeness (QED) is 0.740. The zero-order valence-corrected chi connectivity index (χ0v) is 10.2. The van der Waals surface area contributed by atoms with Crippen LogP contribution in [0.1, 0.15) is 26.2 Å². The summed E-state index contributed by atoms with van der Waals surface area (Å²) in [6.07, 6.45) is 3.42. The molecule has 3 unspecified atom stereocenters. The summed E-state index contributed by atoms with van der Waals surface area (Å²) < 4.78 is 4.87. The number of fused-ring (bicyclic) bond motifs is 1. The van der Waals surface area contributed by atoms with E-state index in [1.807, 2.05) is 0 Å². The van der Waals surface area contributed by atoms with Crippen LogP contribution in [0.5, 0.6) is 0 Å². The van der Waals surface area contributed by atoms with Crippen LogP contribution in [0.3, 0.4) is 0 Å². The maximum atomic E-state index is 12.0. The highest BCUT2D eigenvalue weighted by Gasteiger charge is 2.57. The molecule has 0 heterocycles. The third kappa shape index (κ3) is 2.16. The van der Waals surface area contributed by atoms with E-state index in [1.54, 1.807) is 0 Å². The Balaban J connectivity index is 1.95. The molecule has 17 heavy (non-hydrogen) atoms. The first kappa shape index (κ1) is 12.4. The fourth-order valence-corrected chi connectivity index (χ4v) is 3.01. The molecule has 2 aliphatic rings. The van der Waals surface area contributed by atoms with E-state index in [1.165, 1.54) is 20.5 Å². The predicted octanol–water partition coefficient (Wildman–Crippen LogP) is 0.638. The van der Waals surface area contributed by atoms with Gasteiger partial charge in [-0.1, -0.05) is 6.42 Å². The van der Waals surface area contributed by atoms with Crippen LogP contribution in [-0.4, -0.2) is 36.2 Å². The number of hydrogen-bond acceptors (Lipinski definition) is 3. The molecular formula is C12H19NO4. The van der Waals surface area contributed by atoms with Gasteiger partial charge < -0.3 is 15.2 Å². The number of ether oxygens (including phenoxy) is 1. The van der Waals surface area contributed by atoms with E-state index in [0.717, 1.165) is 12.8 Å². The SMILES string of the molecule is COCC(C)(NC(=O)C1C2CCCC21)C(=O)O. The summed E-state index contributed by atoms with van der Waals surface area (Å²) in [6.45, 7) is 1.46. The van der Waals surface area contributed by atoms with Gasteiger partial charge in [-0.05, 0) is 31.6 Å². The van der Waals surface area contributed by atoms with Crippen LogP contribution in [0.25, 0.3) is 0 Å². The van der Waals surface area contributed by atoms with Crippen LogP contribution in [0, 0.1) is 17.8 Å². The highest BCUT2D eigenvalue weighted by molar-refractivity contribution is 5.89. The molecule has 2 aliphatic carbocycles. The van der Waals surface area contributed by atoms with E-state index >= 15 is 0 Å². The molecule has 5 nitrogen and oxygen atoms in total. The van der Waals surface area contributed by atoms with Crippen molar-refractivity contribution in [2.45, 2.75) is 31.7 Å². The van der Waals surface area contributed by atoms with Gasteiger partial charge in [-0.3, -0.25) is 4.79 Å². The van der Waals surface area contributed by atoms with Crippen molar-refractivity contribution in [3.63, 3.8) is 0 Å². The van der Waals surface area contributed by atoms with Crippen LogP contribution in [0.15, 0.2) is 0 Å². The van der Waals surface area contributed by atoms with Gasteiger partial charge in [0.15, 0.2) is 5.54 Å². The Hall–Kier alpha value is -1.10. The number of carbonyl (C=O) groups is 2. The molecule has 2 saturated carbocycles. The molecule has 0 aromatic heterocycles. The van der Waals surface area contributed by atoms with E-state index in [0.29, 0.717) is 11.8 Å². The second-order valence-corrected chi connectivity index (χ2v) is 5.34. The maximum Gasteiger partial charge on any atom is 0.331 e. The summed E-state index contributed by atoms with van der Waals surface area (Å²) >= 11 is 0. The first-order valence-electron chi connectivity index (χ1n) is 6.04. The minimum absolute atomic E-state index is 0.0177. The van der Waals surface area contributed by atoms with Crippen molar-refractivity contribution in [1.82, 2.24) is 5.32 Å². The van der Waals surface area contributed by atoms with Gasteiger partial charge in [-0.15, -0.1) is 0 Å². The Bertz CT molecular complexity index is 333. The lowest BCUT2D eigenvalue weighted by Gasteiger charge is -2.25. The first-order valence-corrected chi connectivity index (χ1v) is 6.04. The van der Waals surface area contributed by atoms with Crippen LogP contribution in [0.2, 0.25) is 0 Å². The van der Waals surface area contributed by atoms with Gasteiger partial charge in [0.1, 0.15) is 0 Å². The third-order valence-corrected chi connectivity index (χ3v) is 4.01. The Morgan fingerprint density at radius 3 is 2.47 bits per heavy atom. The van der Waals surface area contributed by atoms with Crippen molar-refractivity contribution >= 4 is 11.9 Å². The van der Waals surface area contributed by atoms with Gasteiger partial charge >= 0.3 is 5.97 Å². The molecule has 0 aromatic rings. The van der Waals surface area contributed by atoms with Crippen molar-refractivity contribution in [2.24, 2.45) is 17.8 Å². The summed E-state index contributed by atoms with van der Waals surface area (Å²) in [5.74, 6) is -0.148. The number of aliphatic carboxylic acids is 1. The molecule has 0 saturated heterocycles. The number of amides is 1. The van der Waals surface area contributed by atoms with Gasteiger partial charge in [-0.25, -0.2) is 4.79 Å². The van der Waals surface area contributed by atoms with E-state index in [-0.39, 0.29) is 18.4 Å². The number of rotatable bonds is 5. The number of carboxylic acid groups (broad SMARTS) is 1. The summed E-state index contributed by atoms with van der Waals surface area (Å²) in [4.78, 5) is 23.1. The van der Waals surface area contributed by atoms with Crippen molar-refractivity contribution in [3.05, 3.63) is 0 Å². The Morgan fingerprint density at radius 1 is 1.41 bits per heavy atom. The first-order chi connectivity index (χ1) is 7.99. The van der Waals surface area contributed by atoms with E-state index in [2.05, 4.69) is 5.32 Å². The Labute approximate surface area is 101 Å². The largest absolute Gasteiger partial charge is 0.479 e. The lowest BCUT2D eigenvalue weighted by Crippen LogP contribution is -2.56. The van der Waals surface area contributed by atoms with Gasteiger partial charge in [0.25, 0.3) is 0 Å². The molecule has 96 valence electrons. The van der Waals surface area contributed by atoms with Gasteiger partial charge in [-0.2, -0.15) is 0 Å². The van der Waals surface area contributed by atoms with E-state index < -0.39 is 11.5 Å². The smallest absolute Gasteiger partial charge is 0.331 e. The molecule has 0 bridgehead atoms. The van der Waals surface area contributed by atoms with Crippen LogP contribution in [0.4, 0.5) is 0 Å². The number of carboxylic acids is 1. The normalized spacial score (nSPS) is 33.6. The summed E-state index contributed by atoms with van der Waals surface area (Å²) in [6, 6.07) is 0. The average Bonchev–Trinajstić information content (AvgIpc) is 2.73. The minimum atomic E-state index is -1.32. The van der Waals surface area contributed by atoms with Crippen molar-refractivity contribution in [2.75, 3.05) is 13.7 Å². The zero-order valence-electron chi connectivity index (χ0n) is 10.2. The summed E-state index contributed by atoms with van der Waals surface area (Å²) in [5, 5.41) is 11.7. The van der Waals surface area contributed by atoms with Gasteiger partial charge in [0.05, 0.1) is 6.61 Å². The second kappa shape index (κ2) is 4.29. The molecule has 3 atom stereocenters. The fraction of sp³-hybridized carbons (Fsp3) is 0.833. The topological polar surface area (TPSA) is 75.6 Å². The molecular weight excluding hydrogens is 222 g/mol. The van der Waals surface area contributed by atoms with Crippen LogP contribution >= 0.6 is 0 Å². The highest BCUT2D eigenvalue weighted by atomic mass is 16.5. The van der Waals surface area contributed by atoms with Gasteiger partial charge in [0, 0.05) is 13.0 Å². The van der Waals surface area contributed by atoms with Crippen LogP contribution in [-0.2, 0) is 14.3 Å². The van der Waals surface area contributed by atoms with Crippen molar-refractivity contribution in [1.29, 1.82) is 0 Å². The third-order valence-electron chi connectivity index (χ3n) is 4.01. The van der Waals surface area contributed by atoms with E-state index in [9.17, 15) is 9.59 Å². The lowest BCUT2D eigenvalue weighted by atomic mass is 10.0. The number of hydrogen-bond donors (Lipinski definition) is 2. The molecule has 0 radical (unpaired) electrons. The lowest BCUT2D eigenvalue weighted by molar-refractivity contribution is -0.149. The molecule has 0 aliphatic heterocycles. The summed E-state index contributed by atoms with van der Waals surface area (Å²) in [7, 11) is 1.43. The second-order valence-electron chi connectivity index (χ2n) is 5.34. The van der Waals surface area contributed by atoms with Crippen molar-refractivity contribution in [3.8, 4) is 0 Å². The van der Waals surface area contributed by atoms with Gasteiger partial charge in [0.2, 0.25) is 5.91 Å². The molecule has 2 rings (SSSR count). The highest BCUT2D eigenvalue weighted by Crippen LogP contribution is 2.57. The minimum Gasteiger partial charge on any atom is -0.479 e. The molecule has 5 heteroatoms. The monoisotopic (exact) mass is 241 g/mol. The standard InChI is InChI=1S/C12H19NO4/c1-12(6-17-2,11(15)16)13-10(14)9-7-4-3-5-8(7)9/h7-9H,3-6H2,1-2H3,(H,13,14)(H,15,16). The number of carbonyl (C=O) groups excluding carboxylic acids is 1. The molecule has 1 amide bonds. The molecule has 0 spiro atoms. The Kier molecular flexibility index (Phi) is 3.12. The zero-order chi connectivity index (χ0) is 12.6. The average molecular weight is 241 g/mol. The molecule has 2 N–H and O–H groups in total. The predicted molar refractivity (Wildman–Crippen MR) is 60.4 cm³/mol. The number of methoxy groups -OCH3 is 1. The Morgan fingerprint density at radius 2 is 2.00 bits per heavy atom.